The summed E-state index contributed by atoms with van der Waals surface area (Å²) < 4.78 is 0. The highest BCUT2D eigenvalue weighted by atomic mass is 16.2. The molecule has 0 aromatic heterocycles. The van der Waals surface area contributed by atoms with Crippen molar-refractivity contribution in [2.24, 2.45) is 0 Å². The zero-order valence-electron chi connectivity index (χ0n) is 9.55. The molecule has 0 fully saturated rings. The maximum atomic E-state index is 11.0. The van der Waals surface area contributed by atoms with Gasteiger partial charge in [0.05, 0.1) is 11.4 Å². The Balaban J connectivity index is 3.10. The topological polar surface area (TPSA) is 84.2 Å². The van der Waals surface area contributed by atoms with Gasteiger partial charge in [-0.3, -0.25) is 9.59 Å². The summed E-state index contributed by atoms with van der Waals surface area (Å²) in [6, 6.07) is 3.35. The van der Waals surface area contributed by atoms with E-state index >= 15 is 0 Å². The van der Waals surface area contributed by atoms with E-state index in [0.717, 1.165) is 5.56 Å². The van der Waals surface area contributed by atoms with Crippen molar-refractivity contribution in [1.82, 2.24) is 0 Å². The number of rotatable bonds is 2. The number of nitrogens with two attached hydrogens (primary N) is 1. The van der Waals surface area contributed by atoms with Gasteiger partial charge in [-0.25, -0.2) is 0 Å². The molecule has 86 valence electrons. The number of aryl methyl sites for hydroxylation is 1. The molecule has 0 aliphatic heterocycles. The van der Waals surface area contributed by atoms with E-state index in [9.17, 15) is 9.59 Å². The SMILES string of the molecule is CC(=O)Nc1cc(NC(C)=O)c(N)cc1C. The first-order valence-electron chi connectivity index (χ1n) is 4.85. The zero-order valence-corrected chi connectivity index (χ0v) is 9.55. The van der Waals surface area contributed by atoms with Crippen molar-refractivity contribution >= 4 is 28.9 Å². The molecule has 0 unspecified atom stereocenters. The molecular weight excluding hydrogens is 206 g/mol. The molecule has 1 aromatic rings. The summed E-state index contributed by atoms with van der Waals surface area (Å²) in [5.41, 5.74) is 8.21. The van der Waals surface area contributed by atoms with Gasteiger partial charge in [-0.15, -0.1) is 0 Å². The number of amides is 2. The lowest BCUT2D eigenvalue weighted by atomic mass is 10.1. The van der Waals surface area contributed by atoms with Gasteiger partial charge in [0.15, 0.2) is 0 Å². The van der Waals surface area contributed by atoms with Crippen molar-refractivity contribution in [2.75, 3.05) is 16.4 Å². The summed E-state index contributed by atoms with van der Waals surface area (Å²) in [7, 11) is 0. The Bertz CT molecular complexity index is 404. The second kappa shape index (κ2) is 4.65. The third kappa shape index (κ3) is 2.98. The van der Waals surface area contributed by atoms with Crippen molar-refractivity contribution in [3.8, 4) is 0 Å². The van der Waals surface area contributed by atoms with Gasteiger partial charge in [0.25, 0.3) is 0 Å². The molecule has 0 saturated carbocycles. The molecular formula is C11H15N3O2. The first-order chi connectivity index (χ1) is 7.40. The Morgan fingerprint density at radius 3 is 2.06 bits per heavy atom. The monoisotopic (exact) mass is 221 g/mol. The van der Waals surface area contributed by atoms with Crippen molar-refractivity contribution in [3.63, 3.8) is 0 Å². The molecule has 1 rings (SSSR count). The van der Waals surface area contributed by atoms with Crippen LogP contribution in [0.5, 0.6) is 0 Å². The van der Waals surface area contributed by atoms with Crippen molar-refractivity contribution in [3.05, 3.63) is 17.7 Å². The fraction of sp³-hybridized carbons (Fsp3) is 0.273. The maximum Gasteiger partial charge on any atom is 0.221 e. The van der Waals surface area contributed by atoms with Crippen LogP contribution in [-0.2, 0) is 9.59 Å². The third-order valence-corrected chi connectivity index (χ3v) is 2.02. The molecule has 0 heterocycles. The lowest BCUT2D eigenvalue weighted by molar-refractivity contribution is -0.115. The minimum absolute atomic E-state index is 0.165. The Labute approximate surface area is 94.0 Å². The third-order valence-electron chi connectivity index (χ3n) is 2.02. The summed E-state index contributed by atoms with van der Waals surface area (Å²) in [4.78, 5) is 21.9. The Kier molecular flexibility index (Phi) is 3.50. The molecule has 2 amide bonds. The van der Waals surface area contributed by atoms with Crippen LogP contribution in [0.1, 0.15) is 19.4 Å². The van der Waals surface area contributed by atoms with Gasteiger partial charge in [-0.1, -0.05) is 0 Å². The fourth-order valence-electron chi connectivity index (χ4n) is 1.35. The zero-order chi connectivity index (χ0) is 12.3. The van der Waals surface area contributed by atoms with Gasteiger partial charge < -0.3 is 16.4 Å². The summed E-state index contributed by atoms with van der Waals surface area (Å²) in [6.45, 7) is 4.66. The minimum Gasteiger partial charge on any atom is -0.397 e. The van der Waals surface area contributed by atoms with E-state index in [4.69, 9.17) is 5.73 Å². The van der Waals surface area contributed by atoms with E-state index in [-0.39, 0.29) is 11.8 Å². The Hall–Kier alpha value is -2.04. The summed E-state index contributed by atoms with van der Waals surface area (Å²) in [5.74, 6) is -0.369. The summed E-state index contributed by atoms with van der Waals surface area (Å²) in [5, 5.41) is 5.27. The van der Waals surface area contributed by atoms with Gasteiger partial charge in [0, 0.05) is 19.5 Å². The number of nitrogen functional groups attached to an aromatic ring is 1. The first kappa shape index (κ1) is 12.0. The molecule has 0 saturated heterocycles. The summed E-state index contributed by atoms with van der Waals surface area (Å²) in [6.07, 6.45) is 0. The van der Waals surface area contributed by atoms with Crippen molar-refractivity contribution in [2.45, 2.75) is 20.8 Å². The maximum absolute atomic E-state index is 11.0. The highest BCUT2D eigenvalue weighted by molar-refractivity contribution is 5.96. The molecule has 0 radical (unpaired) electrons. The number of benzene rings is 1. The van der Waals surface area contributed by atoms with Crippen LogP contribution in [-0.4, -0.2) is 11.8 Å². The molecule has 4 N–H and O–H groups in total. The fourth-order valence-corrected chi connectivity index (χ4v) is 1.35. The highest BCUT2D eigenvalue weighted by Gasteiger charge is 2.07. The Morgan fingerprint density at radius 1 is 1.06 bits per heavy atom. The van der Waals surface area contributed by atoms with E-state index in [0.29, 0.717) is 17.1 Å². The average Bonchev–Trinajstić information content (AvgIpc) is 2.11. The summed E-state index contributed by atoms with van der Waals surface area (Å²) >= 11 is 0. The second-order valence-electron chi connectivity index (χ2n) is 3.62. The van der Waals surface area contributed by atoms with Crippen molar-refractivity contribution in [1.29, 1.82) is 0 Å². The molecule has 1 aromatic carbocycles. The molecule has 16 heavy (non-hydrogen) atoms. The van der Waals surface area contributed by atoms with Gasteiger partial charge in [0.2, 0.25) is 11.8 Å². The predicted molar refractivity (Wildman–Crippen MR) is 64.2 cm³/mol. The van der Waals surface area contributed by atoms with E-state index in [1.54, 1.807) is 12.1 Å². The highest BCUT2D eigenvalue weighted by Crippen LogP contribution is 2.26. The van der Waals surface area contributed by atoms with Gasteiger partial charge in [0.1, 0.15) is 0 Å². The van der Waals surface area contributed by atoms with Crippen LogP contribution in [0.2, 0.25) is 0 Å². The van der Waals surface area contributed by atoms with Gasteiger partial charge in [-0.2, -0.15) is 0 Å². The standard InChI is InChI=1S/C11H15N3O2/c1-6-4-9(12)11(14-8(3)16)5-10(6)13-7(2)15/h4-5H,12H2,1-3H3,(H,13,15)(H,14,16). The van der Waals surface area contributed by atoms with Crippen LogP contribution in [0.3, 0.4) is 0 Å². The van der Waals surface area contributed by atoms with Crippen LogP contribution in [0.15, 0.2) is 12.1 Å². The second-order valence-corrected chi connectivity index (χ2v) is 3.62. The van der Waals surface area contributed by atoms with Crippen LogP contribution in [0.25, 0.3) is 0 Å². The molecule has 0 bridgehead atoms. The van der Waals surface area contributed by atoms with Crippen molar-refractivity contribution < 1.29 is 9.59 Å². The van der Waals surface area contributed by atoms with Crippen LogP contribution in [0.4, 0.5) is 17.1 Å². The largest absolute Gasteiger partial charge is 0.397 e. The number of nitrogens with one attached hydrogen (secondary N) is 2. The van der Waals surface area contributed by atoms with Gasteiger partial charge in [-0.05, 0) is 24.6 Å². The van der Waals surface area contributed by atoms with E-state index in [1.807, 2.05) is 6.92 Å². The molecule has 0 aliphatic carbocycles. The normalized spacial score (nSPS) is 9.69. The van der Waals surface area contributed by atoms with Crippen LogP contribution < -0.4 is 16.4 Å². The number of anilines is 3. The number of hydrogen-bond donors (Lipinski definition) is 3. The number of hydrogen-bond acceptors (Lipinski definition) is 3. The van der Waals surface area contributed by atoms with Gasteiger partial charge >= 0.3 is 0 Å². The lowest BCUT2D eigenvalue weighted by Crippen LogP contribution is -2.11. The smallest absolute Gasteiger partial charge is 0.221 e. The molecule has 0 atom stereocenters. The van der Waals surface area contributed by atoms with Crippen LogP contribution >= 0.6 is 0 Å². The van der Waals surface area contributed by atoms with Crippen LogP contribution in [0, 0.1) is 6.92 Å². The quantitative estimate of drug-likeness (QED) is 0.661. The molecule has 5 heteroatoms. The number of carbonyl (C=O) groups excluding carboxylic acids is 2. The average molecular weight is 221 g/mol. The molecule has 0 spiro atoms. The minimum atomic E-state index is -0.204. The first-order valence-corrected chi connectivity index (χ1v) is 4.85. The predicted octanol–water partition coefficient (Wildman–Crippen LogP) is 1.49. The molecule has 5 nitrogen and oxygen atoms in total. The molecule has 0 aliphatic rings. The lowest BCUT2D eigenvalue weighted by Gasteiger charge is -2.12. The Morgan fingerprint density at radius 2 is 1.56 bits per heavy atom. The van der Waals surface area contributed by atoms with E-state index < -0.39 is 0 Å². The van der Waals surface area contributed by atoms with E-state index in [2.05, 4.69) is 10.6 Å². The number of carbonyl (C=O) groups is 2. The van der Waals surface area contributed by atoms with E-state index in [1.165, 1.54) is 13.8 Å².